The lowest BCUT2D eigenvalue weighted by molar-refractivity contribution is -0.140. The van der Waals surface area contributed by atoms with Gasteiger partial charge in [0.25, 0.3) is 0 Å². The Bertz CT molecular complexity index is 505. The summed E-state index contributed by atoms with van der Waals surface area (Å²) in [6, 6.07) is 7.22. The summed E-state index contributed by atoms with van der Waals surface area (Å²) in [6.45, 7) is 1.85. The van der Waals surface area contributed by atoms with Crippen LogP contribution in [-0.4, -0.2) is 29.3 Å². The van der Waals surface area contributed by atoms with Crippen LogP contribution in [0, 0.1) is 0 Å². The monoisotopic (exact) mass is 313 g/mol. The Morgan fingerprint density at radius 1 is 1.61 bits per heavy atom. The summed E-state index contributed by atoms with van der Waals surface area (Å²) in [4.78, 5) is 24.0. The van der Waals surface area contributed by atoms with Crippen LogP contribution >= 0.6 is 15.9 Å². The largest absolute Gasteiger partial charge is 0.481 e. The number of carbonyl (C=O) groups excluding carboxylic acids is 1. The van der Waals surface area contributed by atoms with Gasteiger partial charge in [-0.1, -0.05) is 22.0 Å². The summed E-state index contributed by atoms with van der Waals surface area (Å²) in [5.74, 6) is -0.985. The number of aliphatic carboxylic acids is 1. The molecule has 1 fully saturated rings. The van der Waals surface area contributed by atoms with Crippen LogP contribution in [0.5, 0.6) is 0 Å². The SMILES string of the molecule is CC1(CC(=O)O)CN(c2cccc(Br)c2)C(=O)O1. The summed E-state index contributed by atoms with van der Waals surface area (Å²) < 4.78 is 6.00. The van der Waals surface area contributed by atoms with E-state index >= 15 is 0 Å². The molecule has 0 saturated carbocycles. The molecule has 1 amide bonds. The van der Waals surface area contributed by atoms with Gasteiger partial charge in [0.2, 0.25) is 0 Å². The van der Waals surface area contributed by atoms with Gasteiger partial charge in [-0.25, -0.2) is 4.79 Å². The van der Waals surface area contributed by atoms with Crippen molar-refractivity contribution in [2.45, 2.75) is 18.9 Å². The number of nitrogens with zero attached hydrogens (tertiary/aromatic N) is 1. The smallest absolute Gasteiger partial charge is 0.415 e. The predicted octanol–water partition coefficient (Wildman–Crippen LogP) is 2.64. The average molecular weight is 314 g/mol. The summed E-state index contributed by atoms with van der Waals surface area (Å²) in [6.07, 6.45) is -0.722. The lowest BCUT2D eigenvalue weighted by Gasteiger charge is -2.19. The van der Waals surface area contributed by atoms with Gasteiger partial charge in [-0.05, 0) is 25.1 Å². The van der Waals surface area contributed by atoms with E-state index in [1.165, 1.54) is 4.90 Å². The number of amides is 1. The molecule has 0 bridgehead atoms. The van der Waals surface area contributed by atoms with E-state index in [-0.39, 0.29) is 13.0 Å². The zero-order valence-corrected chi connectivity index (χ0v) is 11.3. The van der Waals surface area contributed by atoms with E-state index in [2.05, 4.69) is 15.9 Å². The lowest BCUT2D eigenvalue weighted by Crippen LogP contribution is -2.33. The van der Waals surface area contributed by atoms with E-state index in [4.69, 9.17) is 9.84 Å². The van der Waals surface area contributed by atoms with Gasteiger partial charge in [0.1, 0.15) is 5.60 Å². The first-order valence-electron chi connectivity index (χ1n) is 5.37. The first kappa shape index (κ1) is 12.9. The van der Waals surface area contributed by atoms with Gasteiger partial charge in [0.05, 0.1) is 13.0 Å². The predicted molar refractivity (Wildman–Crippen MR) is 68.6 cm³/mol. The maximum absolute atomic E-state index is 11.8. The van der Waals surface area contributed by atoms with Crippen molar-refractivity contribution >= 4 is 33.7 Å². The maximum atomic E-state index is 11.8. The molecule has 96 valence electrons. The molecule has 1 aromatic carbocycles. The molecule has 1 aliphatic rings. The van der Waals surface area contributed by atoms with E-state index in [1.807, 2.05) is 6.07 Å². The van der Waals surface area contributed by atoms with Crippen LogP contribution in [0.2, 0.25) is 0 Å². The second kappa shape index (κ2) is 4.61. The topological polar surface area (TPSA) is 66.8 Å². The Morgan fingerprint density at radius 2 is 2.33 bits per heavy atom. The maximum Gasteiger partial charge on any atom is 0.415 e. The second-order valence-electron chi connectivity index (χ2n) is 4.45. The van der Waals surface area contributed by atoms with Gasteiger partial charge < -0.3 is 9.84 Å². The summed E-state index contributed by atoms with van der Waals surface area (Å²) in [5.41, 5.74) is -0.297. The van der Waals surface area contributed by atoms with Crippen molar-refractivity contribution < 1.29 is 19.4 Å². The quantitative estimate of drug-likeness (QED) is 0.931. The third-order valence-electron chi connectivity index (χ3n) is 2.69. The number of hydrogen-bond donors (Lipinski definition) is 1. The van der Waals surface area contributed by atoms with Crippen molar-refractivity contribution in [3.8, 4) is 0 Å². The van der Waals surface area contributed by atoms with Crippen molar-refractivity contribution in [2.24, 2.45) is 0 Å². The highest BCUT2D eigenvalue weighted by molar-refractivity contribution is 9.10. The fourth-order valence-electron chi connectivity index (χ4n) is 1.95. The van der Waals surface area contributed by atoms with Crippen LogP contribution in [0.15, 0.2) is 28.7 Å². The number of carboxylic acids is 1. The molecule has 6 heteroatoms. The van der Waals surface area contributed by atoms with Crippen molar-refractivity contribution in [3.63, 3.8) is 0 Å². The number of rotatable bonds is 3. The Morgan fingerprint density at radius 3 is 2.94 bits per heavy atom. The molecule has 1 aromatic rings. The van der Waals surface area contributed by atoms with Crippen LogP contribution < -0.4 is 4.90 Å². The fraction of sp³-hybridized carbons (Fsp3) is 0.333. The van der Waals surface area contributed by atoms with E-state index in [9.17, 15) is 9.59 Å². The standard InChI is InChI=1S/C12H12BrNO4/c1-12(6-10(15)16)7-14(11(17)18-12)9-4-2-3-8(13)5-9/h2-5H,6-7H2,1H3,(H,15,16). The minimum absolute atomic E-state index is 0.205. The Labute approximate surface area is 112 Å². The van der Waals surface area contributed by atoms with Gasteiger partial charge in [-0.15, -0.1) is 0 Å². The molecule has 1 atom stereocenters. The first-order valence-corrected chi connectivity index (χ1v) is 6.17. The number of cyclic esters (lactones) is 1. The molecule has 0 spiro atoms. The van der Waals surface area contributed by atoms with Gasteiger partial charge in [-0.2, -0.15) is 0 Å². The normalized spacial score (nSPS) is 23.0. The number of anilines is 1. The molecule has 1 aliphatic heterocycles. The number of carbonyl (C=O) groups is 2. The minimum atomic E-state index is -0.985. The van der Waals surface area contributed by atoms with E-state index < -0.39 is 17.7 Å². The number of benzene rings is 1. The number of carboxylic acid groups (broad SMARTS) is 1. The van der Waals surface area contributed by atoms with Gasteiger partial charge in [-0.3, -0.25) is 9.69 Å². The van der Waals surface area contributed by atoms with Crippen LogP contribution in [0.25, 0.3) is 0 Å². The highest BCUT2D eigenvalue weighted by atomic mass is 79.9. The Kier molecular flexibility index (Phi) is 3.30. The van der Waals surface area contributed by atoms with Crippen molar-refractivity contribution in [3.05, 3.63) is 28.7 Å². The van der Waals surface area contributed by atoms with Crippen molar-refractivity contribution in [1.82, 2.24) is 0 Å². The molecule has 0 aromatic heterocycles. The number of hydrogen-bond acceptors (Lipinski definition) is 3. The zero-order chi connectivity index (χ0) is 13.3. The molecule has 2 rings (SSSR count). The molecule has 1 unspecified atom stereocenters. The van der Waals surface area contributed by atoms with E-state index in [1.54, 1.807) is 25.1 Å². The van der Waals surface area contributed by atoms with Crippen LogP contribution in [0.4, 0.5) is 10.5 Å². The van der Waals surface area contributed by atoms with Crippen molar-refractivity contribution in [1.29, 1.82) is 0 Å². The molecule has 18 heavy (non-hydrogen) atoms. The molecule has 1 heterocycles. The summed E-state index contributed by atoms with van der Waals surface area (Å²) in [7, 11) is 0. The second-order valence-corrected chi connectivity index (χ2v) is 5.37. The molecule has 5 nitrogen and oxygen atoms in total. The minimum Gasteiger partial charge on any atom is -0.481 e. The molecule has 1 saturated heterocycles. The van der Waals surface area contributed by atoms with Crippen LogP contribution in [0.1, 0.15) is 13.3 Å². The molecule has 0 radical (unpaired) electrons. The summed E-state index contributed by atoms with van der Waals surface area (Å²) in [5, 5.41) is 8.81. The first-order chi connectivity index (χ1) is 8.39. The van der Waals surface area contributed by atoms with E-state index in [0.29, 0.717) is 5.69 Å². The number of ether oxygens (including phenoxy) is 1. The zero-order valence-electron chi connectivity index (χ0n) is 9.72. The molecule has 1 N–H and O–H groups in total. The molecule has 0 aliphatic carbocycles. The molecular weight excluding hydrogens is 302 g/mol. The van der Waals surface area contributed by atoms with Crippen molar-refractivity contribution in [2.75, 3.05) is 11.4 Å². The van der Waals surface area contributed by atoms with Gasteiger partial charge in [0.15, 0.2) is 0 Å². The summed E-state index contributed by atoms with van der Waals surface area (Å²) >= 11 is 3.33. The van der Waals surface area contributed by atoms with Gasteiger partial charge in [0, 0.05) is 10.2 Å². The van der Waals surface area contributed by atoms with E-state index in [0.717, 1.165) is 4.47 Å². The van der Waals surface area contributed by atoms with Crippen LogP contribution in [-0.2, 0) is 9.53 Å². The highest BCUT2D eigenvalue weighted by Gasteiger charge is 2.43. The van der Waals surface area contributed by atoms with Crippen LogP contribution in [0.3, 0.4) is 0 Å². The Balaban J connectivity index is 2.22. The Hall–Kier alpha value is -1.56. The third-order valence-corrected chi connectivity index (χ3v) is 3.18. The average Bonchev–Trinajstić information content (AvgIpc) is 2.52. The molecular formula is C12H12BrNO4. The van der Waals surface area contributed by atoms with Gasteiger partial charge >= 0.3 is 12.1 Å². The third kappa shape index (κ3) is 2.64. The fourth-order valence-corrected chi connectivity index (χ4v) is 2.34. The number of halogens is 1. The lowest BCUT2D eigenvalue weighted by atomic mass is 10.0. The highest BCUT2D eigenvalue weighted by Crippen LogP contribution is 2.31.